The zero-order valence-electron chi connectivity index (χ0n) is 25.7. The van der Waals surface area contributed by atoms with Crippen molar-refractivity contribution in [2.75, 3.05) is 26.4 Å². The fraction of sp³-hybridized carbons (Fsp3) is 0.351. The minimum Gasteiger partial charge on any atom is -0.491 e. The summed E-state index contributed by atoms with van der Waals surface area (Å²) in [5.74, 6) is 2.89. The molecule has 3 unspecified atom stereocenters. The number of rotatable bonds is 14. The highest BCUT2D eigenvalue weighted by Crippen LogP contribution is 2.35. The van der Waals surface area contributed by atoms with E-state index >= 15 is 0 Å². The largest absolute Gasteiger partial charge is 0.491 e. The molecule has 7 nitrogen and oxygen atoms in total. The summed E-state index contributed by atoms with van der Waals surface area (Å²) in [6, 6.07) is 32.1. The van der Waals surface area contributed by atoms with Gasteiger partial charge in [0, 0.05) is 10.8 Å². The van der Waals surface area contributed by atoms with E-state index in [9.17, 15) is 5.11 Å². The van der Waals surface area contributed by atoms with Gasteiger partial charge in [-0.05, 0) is 70.8 Å². The summed E-state index contributed by atoms with van der Waals surface area (Å²) in [4.78, 5) is 0. The Morgan fingerprint density at radius 1 is 0.614 bits per heavy atom. The molecule has 7 heteroatoms. The standard InChI is InChI=1S/C37H40O7/c1-36(2,25-5-13-29(14-6-25)39-21-33-22-40-33)27-9-17-31(18-10-27)43-34(38)23-41-30-15-7-26(8-16-30)37(3,4)28-11-19-32(20-12-28)44-35-24-42-35/h5-20,33-35,38H,21-24H2,1-4H3. The van der Waals surface area contributed by atoms with Crippen LogP contribution in [0.1, 0.15) is 49.9 Å². The van der Waals surface area contributed by atoms with Gasteiger partial charge >= 0.3 is 0 Å². The van der Waals surface area contributed by atoms with E-state index < -0.39 is 6.29 Å². The van der Waals surface area contributed by atoms with Crippen LogP contribution in [0.15, 0.2) is 97.1 Å². The Hall–Kier alpha value is -4.04. The van der Waals surface area contributed by atoms with Gasteiger partial charge in [-0.25, -0.2) is 0 Å². The summed E-state index contributed by atoms with van der Waals surface area (Å²) in [5, 5.41) is 10.5. The molecule has 0 radical (unpaired) electrons. The summed E-state index contributed by atoms with van der Waals surface area (Å²) in [6.45, 7) is 10.8. The van der Waals surface area contributed by atoms with E-state index in [1.807, 2.05) is 60.7 Å². The molecule has 0 amide bonds. The van der Waals surface area contributed by atoms with Crippen LogP contribution >= 0.6 is 0 Å². The lowest BCUT2D eigenvalue weighted by atomic mass is 9.78. The third kappa shape index (κ3) is 7.36. The predicted octanol–water partition coefficient (Wildman–Crippen LogP) is 6.63. The average Bonchev–Trinajstić information content (AvgIpc) is 3.97. The monoisotopic (exact) mass is 596 g/mol. The van der Waals surface area contributed by atoms with Gasteiger partial charge in [0.15, 0.2) is 6.61 Å². The molecule has 0 spiro atoms. The topological polar surface area (TPSA) is 82.2 Å². The van der Waals surface area contributed by atoms with Crippen LogP contribution in [-0.4, -0.2) is 50.2 Å². The molecule has 0 aliphatic carbocycles. The van der Waals surface area contributed by atoms with Crippen molar-refractivity contribution in [1.29, 1.82) is 0 Å². The van der Waals surface area contributed by atoms with E-state index in [1.54, 1.807) is 0 Å². The fourth-order valence-electron chi connectivity index (χ4n) is 5.14. The molecule has 230 valence electrons. The summed E-state index contributed by atoms with van der Waals surface area (Å²) in [7, 11) is 0. The lowest BCUT2D eigenvalue weighted by Crippen LogP contribution is -2.24. The Morgan fingerprint density at radius 2 is 1.02 bits per heavy atom. The fourth-order valence-corrected chi connectivity index (χ4v) is 5.14. The Kier molecular flexibility index (Phi) is 8.54. The van der Waals surface area contributed by atoms with Gasteiger partial charge in [-0.15, -0.1) is 0 Å². The first-order chi connectivity index (χ1) is 21.2. The molecular weight excluding hydrogens is 556 g/mol. The summed E-state index contributed by atoms with van der Waals surface area (Å²) in [5.41, 5.74) is 4.21. The number of aliphatic hydroxyl groups is 1. The van der Waals surface area contributed by atoms with Gasteiger partial charge in [0.05, 0.1) is 6.61 Å². The third-order valence-electron chi connectivity index (χ3n) is 8.38. The van der Waals surface area contributed by atoms with Crippen molar-refractivity contribution in [3.8, 4) is 23.0 Å². The molecule has 3 atom stereocenters. The number of hydrogen-bond acceptors (Lipinski definition) is 7. The van der Waals surface area contributed by atoms with Gasteiger partial charge in [0.25, 0.3) is 0 Å². The van der Waals surface area contributed by atoms with Gasteiger partial charge in [-0.2, -0.15) is 0 Å². The molecular formula is C37H40O7. The van der Waals surface area contributed by atoms with Gasteiger partial charge in [-0.3, -0.25) is 0 Å². The highest BCUT2D eigenvalue weighted by molar-refractivity contribution is 5.43. The first-order valence-corrected chi connectivity index (χ1v) is 15.1. The van der Waals surface area contributed by atoms with E-state index in [1.165, 1.54) is 11.1 Å². The van der Waals surface area contributed by atoms with Gasteiger partial charge < -0.3 is 33.5 Å². The van der Waals surface area contributed by atoms with E-state index in [4.69, 9.17) is 28.4 Å². The SMILES string of the molecule is CC(C)(c1ccc(OCC2CO2)cc1)c1ccc(OC(O)COc2ccc(C(C)(C)c3ccc(OC4CO4)cc3)cc2)cc1. The molecule has 44 heavy (non-hydrogen) atoms. The molecule has 2 aliphatic heterocycles. The molecule has 4 aromatic carbocycles. The van der Waals surface area contributed by atoms with Crippen molar-refractivity contribution in [2.45, 2.75) is 57.2 Å². The van der Waals surface area contributed by atoms with Crippen molar-refractivity contribution in [3.63, 3.8) is 0 Å². The first-order valence-electron chi connectivity index (χ1n) is 15.1. The zero-order chi connectivity index (χ0) is 30.7. The van der Waals surface area contributed by atoms with Crippen molar-refractivity contribution >= 4 is 0 Å². The predicted molar refractivity (Wildman–Crippen MR) is 168 cm³/mol. The second kappa shape index (κ2) is 12.5. The Bertz CT molecular complexity index is 1500. The third-order valence-corrected chi connectivity index (χ3v) is 8.38. The molecule has 2 heterocycles. The van der Waals surface area contributed by atoms with Crippen LogP contribution in [0.3, 0.4) is 0 Å². The summed E-state index contributed by atoms with van der Waals surface area (Å²) in [6.07, 6.45) is -0.980. The summed E-state index contributed by atoms with van der Waals surface area (Å²) >= 11 is 0. The Balaban J connectivity index is 0.992. The smallest absolute Gasteiger partial charge is 0.231 e. The van der Waals surface area contributed by atoms with Gasteiger partial charge in [-0.1, -0.05) is 76.2 Å². The van der Waals surface area contributed by atoms with Crippen LogP contribution in [-0.2, 0) is 20.3 Å². The number of hydrogen-bond donors (Lipinski definition) is 1. The van der Waals surface area contributed by atoms with E-state index in [2.05, 4.69) is 64.1 Å². The molecule has 2 saturated heterocycles. The van der Waals surface area contributed by atoms with Crippen molar-refractivity contribution in [3.05, 3.63) is 119 Å². The minimum absolute atomic E-state index is 0.00342. The minimum atomic E-state index is -1.11. The molecule has 1 N–H and O–H groups in total. The zero-order valence-corrected chi connectivity index (χ0v) is 25.7. The van der Waals surface area contributed by atoms with E-state index in [-0.39, 0.29) is 29.8 Å². The van der Waals surface area contributed by atoms with Crippen molar-refractivity contribution in [2.24, 2.45) is 0 Å². The highest BCUT2D eigenvalue weighted by atomic mass is 16.8. The van der Waals surface area contributed by atoms with Crippen LogP contribution in [0.4, 0.5) is 0 Å². The molecule has 4 aromatic rings. The Labute approximate surface area is 259 Å². The molecule has 2 aliphatic rings. The summed E-state index contributed by atoms with van der Waals surface area (Å²) < 4.78 is 33.4. The van der Waals surface area contributed by atoms with Crippen molar-refractivity contribution < 1.29 is 33.5 Å². The van der Waals surface area contributed by atoms with Crippen LogP contribution in [0.5, 0.6) is 23.0 Å². The number of benzene rings is 4. The van der Waals surface area contributed by atoms with Crippen LogP contribution in [0.25, 0.3) is 0 Å². The van der Waals surface area contributed by atoms with E-state index in [0.717, 1.165) is 29.2 Å². The number of epoxide rings is 2. The Morgan fingerprint density at radius 3 is 1.45 bits per heavy atom. The normalized spacial score (nSPS) is 18.3. The van der Waals surface area contributed by atoms with Crippen molar-refractivity contribution in [1.82, 2.24) is 0 Å². The molecule has 0 bridgehead atoms. The molecule has 0 saturated carbocycles. The quantitative estimate of drug-likeness (QED) is 0.129. The lowest BCUT2D eigenvalue weighted by Gasteiger charge is -2.27. The molecule has 0 aromatic heterocycles. The maximum Gasteiger partial charge on any atom is 0.231 e. The molecule has 6 rings (SSSR count). The second-order valence-electron chi connectivity index (χ2n) is 12.4. The maximum atomic E-state index is 10.5. The number of aliphatic hydroxyl groups excluding tert-OH is 1. The highest BCUT2D eigenvalue weighted by Gasteiger charge is 2.27. The van der Waals surface area contributed by atoms with Gasteiger partial charge in [0.1, 0.15) is 42.3 Å². The second-order valence-corrected chi connectivity index (χ2v) is 12.4. The average molecular weight is 597 g/mol. The van der Waals surface area contributed by atoms with Crippen LogP contribution in [0.2, 0.25) is 0 Å². The number of ether oxygens (including phenoxy) is 6. The van der Waals surface area contributed by atoms with Crippen LogP contribution < -0.4 is 18.9 Å². The van der Waals surface area contributed by atoms with E-state index in [0.29, 0.717) is 24.7 Å². The van der Waals surface area contributed by atoms with Crippen LogP contribution in [0, 0.1) is 0 Å². The first kappa shape index (κ1) is 30.0. The molecule has 2 fully saturated rings. The van der Waals surface area contributed by atoms with Gasteiger partial charge in [0.2, 0.25) is 12.6 Å². The lowest BCUT2D eigenvalue weighted by molar-refractivity contribution is -0.0478. The maximum absolute atomic E-state index is 10.5.